The van der Waals surface area contributed by atoms with Gasteiger partial charge in [-0.2, -0.15) is 0 Å². The maximum Gasteiger partial charge on any atom is 0.408 e. The number of likely N-dealkylation sites (N-methyl/N-ethyl adjacent to an activating group) is 1. The van der Waals surface area contributed by atoms with Gasteiger partial charge in [-0.1, -0.05) is 13.3 Å². The molecule has 0 saturated carbocycles. The lowest BCUT2D eigenvalue weighted by Gasteiger charge is -2.25. The van der Waals surface area contributed by atoms with Gasteiger partial charge in [0, 0.05) is 13.7 Å². The van der Waals surface area contributed by atoms with E-state index in [2.05, 4.69) is 5.32 Å². The molecule has 0 aliphatic carbocycles. The number of hydrogen-bond acceptors (Lipinski definition) is 5. The van der Waals surface area contributed by atoms with Crippen LogP contribution in [0.2, 0.25) is 0 Å². The predicted molar refractivity (Wildman–Crippen MR) is 78.7 cm³/mol. The van der Waals surface area contributed by atoms with E-state index in [1.54, 1.807) is 20.8 Å². The van der Waals surface area contributed by atoms with Gasteiger partial charge in [0.2, 0.25) is 0 Å². The van der Waals surface area contributed by atoms with Gasteiger partial charge in [-0.05, 0) is 27.2 Å². The van der Waals surface area contributed by atoms with E-state index in [1.807, 2.05) is 6.92 Å². The minimum absolute atomic E-state index is 0.0752. The molecule has 2 amide bonds. The van der Waals surface area contributed by atoms with Crippen LogP contribution in [0.5, 0.6) is 0 Å². The molecule has 124 valence electrons. The zero-order valence-corrected chi connectivity index (χ0v) is 13.9. The average Bonchev–Trinajstić information content (AvgIpc) is 2.38. The van der Waals surface area contributed by atoms with Crippen LogP contribution >= 0.6 is 0 Å². The summed E-state index contributed by atoms with van der Waals surface area (Å²) in [5.41, 5.74) is -0.631. The van der Waals surface area contributed by atoms with Gasteiger partial charge in [0.1, 0.15) is 11.6 Å². The lowest BCUT2D eigenvalue weighted by atomic mass is 10.2. The fourth-order valence-electron chi connectivity index (χ4n) is 1.38. The van der Waals surface area contributed by atoms with Crippen LogP contribution in [0.4, 0.5) is 4.79 Å². The standard InChI is InChI=1S/C14H28N2O5/c1-7-8-9-20-10-11(12(17)16(5)19-6)15-13(18)21-14(2,3)4/h11H,7-10H2,1-6H3,(H,15,18). The summed E-state index contributed by atoms with van der Waals surface area (Å²) in [4.78, 5) is 28.7. The Hall–Kier alpha value is -1.34. The van der Waals surface area contributed by atoms with Gasteiger partial charge >= 0.3 is 6.09 Å². The second-order valence-electron chi connectivity index (χ2n) is 5.65. The lowest BCUT2D eigenvalue weighted by Crippen LogP contribution is -2.50. The molecule has 0 heterocycles. The molecule has 0 aromatic rings. The van der Waals surface area contributed by atoms with E-state index in [0.717, 1.165) is 17.9 Å². The minimum atomic E-state index is -0.846. The van der Waals surface area contributed by atoms with Gasteiger partial charge in [0.05, 0.1) is 13.7 Å². The third kappa shape index (κ3) is 9.25. The van der Waals surface area contributed by atoms with E-state index < -0.39 is 23.6 Å². The van der Waals surface area contributed by atoms with E-state index in [1.165, 1.54) is 14.2 Å². The van der Waals surface area contributed by atoms with Crippen molar-refractivity contribution in [2.45, 2.75) is 52.2 Å². The Morgan fingerprint density at radius 2 is 1.90 bits per heavy atom. The molecule has 1 N–H and O–H groups in total. The number of unbranched alkanes of at least 4 members (excludes halogenated alkanes) is 1. The number of ether oxygens (including phenoxy) is 2. The molecular formula is C14H28N2O5. The average molecular weight is 304 g/mol. The Kier molecular flexibility index (Phi) is 8.96. The smallest absolute Gasteiger partial charge is 0.408 e. The highest BCUT2D eigenvalue weighted by Crippen LogP contribution is 2.07. The maximum atomic E-state index is 12.1. The van der Waals surface area contributed by atoms with Crippen molar-refractivity contribution in [3.05, 3.63) is 0 Å². The monoisotopic (exact) mass is 304 g/mol. The molecular weight excluding hydrogens is 276 g/mol. The fourth-order valence-corrected chi connectivity index (χ4v) is 1.38. The predicted octanol–water partition coefficient (Wildman–Crippen LogP) is 1.72. The Balaban J connectivity index is 4.57. The summed E-state index contributed by atoms with van der Waals surface area (Å²) in [5, 5.41) is 3.55. The Labute approximate surface area is 126 Å². The molecule has 0 fully saturated rings. The number of hydrogen-bond donors (Lipinski definition) is 1. The van der Waals surface area contributed by atoms with Crippen molar-refractivity contribution in [3.8, 4) is 0 Å². The first-order valence-electron chi connectivity index (χ1n) is 7.10. The highest BCUT2D eigenvalue weighted by Gasteiger charge is 2.27. The van der Waals surface area contributed by atoms with Crippen molar-refractivity contribution in [3.63, 3.8) is 0 Å². The van der Waals surface area contributed by atoms with Crippen LogP contribution in [-0.4, -0.2) is 56.1 Å². The van der Waals surface area contributed by atoms with Gasteiger partial charge in [0.25, 0.3) is 5.91 Å². The van der Waals surface area contributed by atoms with E-state index >= 15 is 0 Å². The van der Waals surface area contributed by atoms with E-state index in [-0.39, 0.29) is 6.61 Å². The maximum absolute atomic E-state index is 12.1. The normalized spacial score (nSPS) is 12.7. The number of carbonyl (C=O) groups excluding carboxylic acids is 2. The molecule has 7 nitrogen and oxygen atoms in total. The van der Waals surface area contributed by atoms with Crippen LogP contribution in [0, 0.1) is 0 Å². The van der Waals surface area contributed by atoms with Crippen molar-refractivity contribution < 1.29 is 23.9 Å². The molecule has 0 aliphatic rings. The molecule has 1 unspecified atom stereocenters. The highest BCUT2D eigenvalue weighted by atomic mass is 16.7. The van der Waals surface area contributed by atoms with Gasteiger partial charge in [-0.25, -0.2) is 9.86 Å². The molecule has 0 spiro atoms. The molecule has 0 rings (SSSR count). The summed E-state index contributed by atoms with van der Waals surface area (Å²) < 4.78 is 10.6. The van der Waals surface area contributed by atoms with Crippen LogP contribution in [0.25, 0.3) is 0 Å². The Morgan fingerprint density at radius 1 is 1.29 bits per heavy atom. The Bertz CT molecular complexity index is 328. The van der Waals surface area contributed by atoms with E-state index in [4.69, 9.17) is 14.3 Å². The van der Waals surface area contributed by atoms with Crippen LogP contribution in [0.3, 0.4) is 0 Å². The number of nitrogens with zero attached hydrogens (tertiary/aromatic N) is 1. The van der Waals surface area contributed by atoms with Crippen molar-refractivity contribution in [2.24, 2.45) is 0 Å². The van der Waals surface area contributed by atoms with Gasteiger partial charge < -0.3 is 14.8 Å². The fraction of sp³-hybridized carbons (Fsp3) is 0.857. The number of amides is 2. The second kappa shape index (κ2) is 9.57. The summed E-state index contributed by atoms with van der Waals surface area (Å²) in [5.74, 6) is -0.403. The molecule has 0 aromatic heterocycles. The number of hydroxylamine groups is 2. The first-order valence-corrected chi connectivity index (χ1v) is 7.10. The first kappa shape index (κ1) is 19.7. The van der Waals surface area contributed by atoms with E-state index in [0.29, 0.717) is 6.61 Å². The van der Waals surface area contributed by atoms with Crippen LogP contribution in [0.15, 0.2) is 0 Å². The number of carbonyl (C=O) groups is 2. The topological polar surface area (TPSA) is 77.1 Å². The molecule has 1 atom stereocenters. The summed E-state index contributed by atoms with van der Waals surface area (Å²) >= 11 is 0. The lowest BCUT2D eigenvalue weighted by molar-refractivity contribution is -0.172. The molecule has 21 heavy (non-hydrogen) atoms. The van der Waals surface area contributed by atoms with Crippen molar-refractivity contribution in [1.82, 2.24) is 10.4 Å². The quantitative estimate of drug-likeness (QED) is 0.546. The number of nitrogens with one attached hydrogen (secondary N) is 1. The molecule has 0 radical (unpaired) electrons. The third-order valence-electron chi connectivity index (χ3n) is 2.50. The molecule has 0 saturated heterocycles. The summed E-state index contributed by atoms with van der Waals surface area (Å²) in [6, 6.07) is -0.846. The SMILES string of the molecule is CCCCOCC(NC(=O)OC(C)(C)C)C(=O)N(C)OC. The molecule has 0 bridgehead atoms. The van der Waals surface area contributed by atoms with Crippen molar-refractivity contribution in [2.75, 3.05) is 27.4 Å². The summed E-state index contributed by atoms with van der Waals surface area (Å²) in [7, 11) is 2.85. The Morgan fingerprint density at radius 3 is 2.38 bits per heavy atom. The molecule has 7 heteroatoms. The molecule has 0 aliphatic heterocycles. The van der Waals surface area contributed by atoms with Crippen LogP contribution < -0.4 is 5.32 Å². The third-order valence-corrected chi connectivity index (χ3v) is 2.50. The van der Waals surface area contributed by atoms with Gasteiger partial charge in [0.15, 0.2) is 0 Å². The van der Waals surface area contributed by atoms with Crippen LogP contribution in [0.1, 0.15) is 40.5 Å². The zero-order chi connectivity index (χ0) is 16.5. The summed E-state index contributed by atoms with van der Waals surface area (Å²) in [6.45, 7) is 7.91. The minimum Gasteiger partial charge on any atom is -0.444 e. The zero-order valence-electron chi connectivity index (χ0n) is 13.9. The molecule has 0 aromatic carbocycles. The largest absolute Gasteiger partial charge is 0.444 e. The first-order chi connectivity index (χ1) is 9.71. The number of rotatable bonds is 8. The van der Waals surface area contributed by atoms with Gasteiger partial charge in [-0.3, -0.25) is 9.63 Å². The van der Waals surface area contributed by atoms with Crippen molar-refractivity contribution in [1.29, 1.82) is 0 Å². The van der Waals surface area contributed by atoms with Gasteiger partial charge in [-0.15, -0.1) is 0 Å². The highest BCUT2D eigenvalue weighted by molar-refractivity contribution is 5.85. The van der Waals surface area contributed by atoms with Crippen LogP contribution in [-0.2, 0) is 19.1 Å². The second-order valence-corrected chi connectivity index (χ2v) is 5.65. The van der Waals surface area contributed by atoms with E-state index in [9.17, 15) is 9.59 Å². The number of alkyl carbamates (subject to hydrolysis) is 1. The summed E-state index contributed by atoms with van der Waals surface area (Å²) in [6.07, 6.45) is 1.23. The van der Waals surface area contributed by atoms with Crippen molar-refractivity contribution >= 4 is 12.0 Å².